The molecule has 0 unspecified atom stereocenters. The third-order valence-corrected chi connectivity index (χ3v) is 3.19. The Morgan fingerprint density at radius 1 is 1.00 bits per heavy atom. The van der Waals surface area contributed by atoms with Crippen LogP contribution in [0.2, 0.25) is 0 Å². The van der Waals surface area contributed by atoms with Crippen LogP contribution in [0.15, 0.2) is 24.3 Å². The van der Waals surface area contributed by atoms with Crippen LogP contribution in [0.3, 0.4) is 0 Å². The Morgan fingerprint density at radius 3 is 2.17 bits per heavy atom. The normalized spacial score (nSPS) is 16.5. The van der Waals surface area contributed by atoms with Crippen LogP contribution >= 0.6 is 0 Å². The molecule has 9 nitrogen and oxygen atoms in total. The highest BCUT2D eigenvalue weighted by Crippen LogP contribution is 2.25. The third-order valence-electron chi connectivity index (χ3n) is 3.19. The zero-order chi connectivity index (χ0) is 18.4. The first kappa shape index (κ1) is 19.7. The van der Waals surface area contributed by atoms with Crippen LogP contribution in [0.4, 0.5) is 0 Å². The van der Waals surface area contributed by atoms with Crippen molar-refractivity contribution in [3.8, 4) is 11.5 Å². The van der Waals surface area contributed by atoms with E-state index in [1.807, 2.05) is 0 Å². The number of allylic oxidation sites excluding steroid dienone is 1. The fourth-order valence-electron chi connectivity index (χ4n) is 1.72. The van der Waals surface area contributed by atoms with Crippen LogP contribution in [0.1, 0.15) is 5.56 Å². The summed E-state index contributed by atoms with van der Waals surface area (Å²) in [7, 11) is 0. The van der Waals surface area contributed by atoms with E-state index in [0.29, 0.717) is 0 Å². The fraction of sp³-hybridized carbons (Fsp3) is 0.333. The molecule has 9 heteroatoms. The molecular formula is C15H18O9. The van der Waals surface area contributed by atoms with Gasteiger partial charge < -0.3 is 35.7 Å². The van der Waals surface area contributed by atoms with Gasteiger partial charge in [-0.15, -0.1) is 0 Å². The number of phenols is 2. The Kier molecular flexibility index (Phi) is 7.01. The van der Waals surface area contributed by atoms with Gasteiger partial charge in [-0.3, -0.25) is 9.59 Å². The summed E-state index contributed by atoms with van der Waals surface area (Å²) in [4.78, 5) is 23.3. The minimum atomic E-state index is -2.30. The van der Waals surface area contributed by atoms with Gasteiger partial charge in [0.15, 0.2) is 11.5 Å². The first-order valence-corrected chi connectivity index (χ1v) is 6.80. The number of aliphatic hydroxyl groups is 5. The number of ketones is 2. The molecule has 0 aliphatic carbocycles. The summed E-state index contributed by atoms with van der Waals surface area (Å²) >= 11 is 0. The first-order chi connectivity index (χ1) is 11.2. The number of hydrogen-bond acceptors (Lipinski definition) is 9. The van der Waals surface area contributed by atoms with Crippen molar-refractivity contribution in [1.29, 1.82) is 0 Å². The summed E-state index contributed by atoms with van der Waals surface area (Å²) in [6, 6.07) is 3.62. The number of aliphatic hydroxyl groups excluding tert-OH is 5. The van der Waals surface area contributed by atoms with Gasteiger partial charge in [-0.1, -0.05) is 12.1 Å². The Labute approximate surface area is 136 Å². The van der Waals surface area contributed by atoms with E-state index >= 15 is 0 Å². The summed E-state index contributed by atoms with van der Waals surface area (Å²) in [6.45, 7) is -0.919. The number of carbonyl (C=O) groups is 2. The molecule has 0 spiro atoms. The van der Waals surface area contributed by atoms with Crippen molar-refractivity contribution in [3.05, 3.63) is 29.8 Å². The molecule has 1 aromatic carbocycles. The average molecular weight is 342 g/mol. The molecule has 0 aliphatic rings. The van der Waals surface area contributed by atoms with E-state index in [-0.39, 0.29) is 11.3 Å². The maximum atomic E-state index is 11.7. The zero-order valence-corrected chi connectivity index (χ0v) is 12.4. The molecule has 0 aromatic heterocycles. The van der Waals surface area contributed by atoms with Crippen LogP contribution in [-0.2, 0) is 9.59 Å². The molecule has 7 N–H and O–H groups in total. The molecular weight excluding hydrogens is 324 g/mol. The number of hydrogen-bond donors (Lipinski definition) is 7. The van der Waals surface area contributed by atoms with Gasteiger partial charge in [-0.25, -0.2) is 0 Å². The van der Waals surface area contributed by atoms with Crippen molar-refractivity contribution < 1.29 is 45.3 Å². The number of carbonyl (C=O) groups excluding carboxylic acids is 2. The quantitative estimate of drug-likeness (QED) is 0.155. The fourth-order valence-corrected chi connectivity index (χ4v) is 1.72. The Bertz CT molecular complexity index is 625. The van der Waals surface area contributed by atoms with Gasteiger partial charge in [-0.2, -0.15) is 0 Å². The SMILES string of the molecule is O=C(/C=C/c1ccc(O)c(O)c1)C(=O)[C@H](O)[C@@H](O)[C@H](O)[C@H](O)CO. The molecule has 4 atom stereocenters. The van der Waals surface area contributed by atoms with Crippen molar-refractivity contribution in [2.75, 3.05) is 6.61 Å². The van der Waals surface area contributed by atoms with Gasteiger partial charge in [0.2, 0.25) is 11.6 Å². The second kappa shape index (κ2) is 8.52. The van der Waals surface area contributed by atoms with E-state index in [1.54, 1.807) is 0 Å². The smallest absolute Gasteiger partial charge is 0.233 e. The Hall–Kier alpha value is -2.30. The number of Topliss-reactive ketones (excluding diaryl/α,β-unsaturated/α-hetero) is 1. The molecule has 0 radical (unpaired) electrons. The number of aromatic hydroxyl groups is 2. The van der Waals surface area contributed by atoms with Crippen LogP contribution in [0, 0.1) is 0 Å². The summed E-state index contributed by atoms with van der Waals surface area (Å²) in [5, 5.41) is 64.7. The molecule has 0 amide bonds. The van der Waals surface area contributed by atoms with Crippen molar-refractivity contribution in [2.45, 2.75) is 24.4 Å². The predicted molar refractivity (Wildman–Crippen MR) is 79.9 cm³/mol. The van der Waals surface area contributed by atoms with Crippen LogP contribution in [-0.4, -0.2) is 78.3 Å². The Morgan fingerprint density at radius 2 is 1.62 bits per heavy atom. The molecule has 0 saturated heterocycles. The van der Waals surface area contributed by atoms with E-state index in [0.717, 1.165) is 24.3 Å². The van der Waals surface area contributed by atoms with Crippen molar-refractivity contribution in [3.63, 3.8) is 0 Å². The molecule has 0 aliphatic heterocycles. The first-order valence-electron chi connectivity index (χ1n) is 6.80. The Balaban J connectivity index is 2.77. The van der Waals surface area contributed by atoms with Crippen molar-refractivity contribution >= 4 is 17.6 Å². The molecule has 0 heterocycles. The highest BCUT2D eigenvalue weighted by molar-refractivity contribution is 6.43. The van der Waals surface area contributed by atoms with Crippen LogP contribution in [0.25, 0.3) is 6.08 Å². The van der Waals surface area contributed by atoms with Crippen molar-refractivity contribution in [2.24, 2.45) is 0 Å². The van der Waals surface area contributed by atoms with Gasteiger partial charge in [-0.05, 0) is 23.8 Å². The van der Waals surface area contributed by atoms with Crippen LogP contribution in [0.5, 0.6) is 11.5 Å². The lowest BCUT2D eigenvalue weighted by Crippen LogP contribution is -2.49. The maximum absolute atomic E-state index is 11.7. The molecule has 132 valence electrons. The molecule has 0 bridgehead atoms. The number of benzene rings is 1. The lowest BCUT2D eigenvalue weighted by atomic mass is 9.98. The number of phenolic OH excluding ortho intramolecular Hbond substituents is 2. The lowest BCUT2D eigenvalue weighted by Gasteiger charge is -2.24. The molecule has 1 rings (SSSR count). The van der Waals surface area contributed by atoms with E-state index < -0.39 is 48.3 Å². The minimum Gasteiger partial charge on any atom is -0.504 e. The second-order valence-corrected chi connectivity index (χ2v) is 4.99. The van der Waals surface area contributed by atoms with Gasteiger partial charge in [0, 0.05) is 0 Å². The molecule has 1 aromatic rings. The third kappa shape index (κ3) is 4.85. The van der Waals surface area contributed by atoms with Crippen LogP contribution < -0.4 is 0 Å². The summed E-state index contributed by atoms with van der Waals surface area (Å²) in [5.41, 5.74) is 0.275. The van der Waals surface area contributed by atoms with Gasteiger partial charge in [0.05, 0.1) is 6.61 Å². The van der Waals surface area contributed by atoms with Gasteiger partial charge in [0.25, 0.3) is 0 Å². The molecule has 24 heavy (non-hydrogen) atoms. The zero-order valence-electron chi connectivity index (χ0n) is 12.4. The minimum absolute atomic E-state index is 0.275. The number of rotatable bonds is 8. The lowest BCUT2D eigenvalue weighted by molar-refractivity contribution is -0.152. The second-order valence-electron chi connectivity index (χ2n) is 4.99. The van der Waals surface area contributed by atoms with E-state index in [4.69, 9.17) is 15.3 Å². The van der Waals surface area contributed by atoms with Gasteiger partial charge in [0.1, 0.15) is 24.4 Å². The topological polar surface area (TPSA) is 176 Å². The van der Waals surface area contributed by atoms with Crippen molar-refractivity contribution in [1.82, 2.24) is 0 Å². The summed E-state index contributed by atoms with van der Waals surface area (Å²) in [5.74, 6) is -3.46. The van der Waals surface area contributed by atoms with E-state index in [9.17, 15) is 30.0 Å². The summed E-state index contributed by atoms with van der Waals surface area (Å²) in [6.07, 6.45) is -6.41. The standard InChI is InChI=1S/C15H18O9/c16-6-11(20)13(22)15(24)14(23)12(21)9(18)4-2-7-1-3-8(17)10(19)5-7/h1-5,11,13-17,19-20,22-24H,6H2/b4-2+/t11-,13-,14+,15+/m1/s1. The largest absolute Gasteiger partial charge is 0.504 e. The van der Waals surface area contributed by atoms with E-state index in [1.165, 1.54) is 6.07 Å². The predicted octanol–water partition coefficient (Wildman–Crippen LogP) is -2.31. The monoisotopic (exact) mass is 342 g/mol. The van der Waals surface area contributed by atoms with Gasteiger partial charge >= 0.3 is 0 Å². The van der Waals surface area contributed by atoms with E-state index in [2.05, 4.69) is 0 Å². The molecule has 0 fully saturated rings. The maximum Gasteiger partial charge on any atom is 0.233 e. The highest BCUT2D eigenvalue weighted by Gasteiger charge is 2.36. The summed E-state index contributed by atoms with van der Waals surface area (Å²) < 4.78 is 0. The highest BCUT2D eigenvalue weighted by atomic mass is 16.4. The molecule has 0 saturated carbocycles. The average Bonchev–Trinajstić information content (AvgIpc) is 2.58.